The molecule has 0 aliphatic heterocycles. The van der Waals surface area contributed by atoms with E-state index < -0.39 is 10.0 Å². The number of nitrogens with one attached hydrogen (secondary N) is 1. The predicted octanol–water partition coefficient (Wildman–Crippen LogP) is 3.36. The minimum absolute atomic E-state index is 0.0607. The summed E-state index contributed by atoms with van der Waals surface area (Å²) in [5, 5.41) is 3.67. The molecule has 0 saturated heterocycles. The van der Waals surface area contributed by atoms with E-state index in [1.807, 2.05) is 13.8 Å². The quantitative estimate of drug-likeness (QED) is 0.777. The van der Waals surface area contributed by atoms with E-state index >= 15 is 0 Å². The van der Waals surface area contributed by atoms with E-state index in [-0.39, 0.29) is 10.7 Å². The van der Waals surface area contributed by atoms with Crippen molar-refractivity contribution in [1.29, 1.82) is 0 Å². The third kappa shape index (κ3) is 2.92. The molecule has 24 heavy (non-hydrogen) atoms. The highest BCUT2D eigenvalue weighted by Crippen LogP contribution is 2.25. The smallest absolute Gasteiger partial charge is 0.267 e. The van der Waals surface area contributed by atoms with Gasteiger partial charge >= 0.3 is 0 Å². The number of hydrogen-bond donors (Lipinski definition) is 1. The Morgan fingerprint density at radius 2 is 1.62 bits per heavy atom. The van der Waals surface area contributed by atoms with Gasteiger partial charge in [-0.05, 0) is 52.0 Å². The van der Waals surface area contributed by atoms with Gasteiger partial charge in [-0.3, -0.25) is 4.72 Å². The summed E-state index contributed by atoms with van der Waals surface area (Å²) in [5.74, 6) is 1.51. The van der Waals surface area contributed by atoms with E-state index in [4.69, 9.17) is 8.94 Å². The van der Waals surface area contributed by atoms with Crippen molar-refractivity contribution in [2.45, 2.75) is 32.6 Å². The number of oxazole rings is 1. The van der Waals surface area contributed by atoms with Crippen molar-refractivity contribution in [3.05, 3.63) is 47.2 Å². The third-order valence-corrected chi connectivity index (χ3v) is 5.27. The highest BCUT2D eigenvalue weighted by atomic mass is 32.2. The number of anilines is 1. The van der Waals surface area contributed by atoms with Crippen LogP contribution < -0.4 is 4.72 Å². The number of rotatable bonds is 4. The van der Waals surface area contributed by atoms with Crippen LogP contribution in [0.4, 0.5) is 5.69 Å². The topological polar surface area (TPSA) is 98.2 Å². The Kier molecular flexibility index (Phi) is 3.92. The van der Waals surface area contributed by atoms with E-state index in [2.05, 4.69) is 14.9 Å². The zero-order valence-corrected chi connectivity index (χ0v) is 14.6. The average Bonchev–Trinajstić information content (AvgIpc) is 3.02. The Bertz CT molecular complexity index is 946. The normalized spacial score (nSPS) is 11.7. The van der Waals surface area contributed by atoms with Crippen LogP contribution in [0.2, 0.25) is 0 Å². The minimum atomic E-state index is -3.76. The summed E-state index contributed by atoms with van der Waals surface area (Å²) in [6.07, 6.45) is 0. The molecule has 3 rings (SSSR count). The van der Waals surface area contributed by atoms with Crippen LogP contribution in [0.3, 0.4) is 0 Å². The van der Waals surface area contributed by atoms with Crippen molar-refractivity contribution in [3.63, 3.8) is 0 Å². The van der Waals surface area contributed by atoms with Crippen molar-refractivity contribution in [3.8, 4) is 11.5 Å². The molecule has 0 atom stereocenters. The summed E-state index contributed by atoms with van der Waals surface area (Å²) in [6.45, 7) is 6.86. The van der Waals surface area contributed by atoms with Gasteiger partial charge in [0.05, 0.1) is 5.69 Å². The Labute approximate surface area is 139 Å². The molecule has 0 spiro atoms. The van der Waals surface area contributed by atoms with Gasteiger partial charge in [-0.1, -0.05) is 5.16 Å². The molecule has 7 nitrogen and oxygen atoms in total. The number of aromatic nitrogens is 2. The first-order chi connectivity index (χ1) is 11.3. The Hall–Kier alpha value is -2.61. The standard InChI is InChI=1S/C16H17N3O4S/c1-9-11(3)22-16(17-9)13-5-7-14(8-6-13)19-24(20,21)15-10(2)18-23-12(15)4/h5-8,19H,1-4H3. The van der Waals surface area contributed by atoms with E-state index in [0.717, 1.165) is 17.0 Å². The molecule has 2 aromatic heterocycles. The first-order valence-electron chi connectivity index (χ1n) is 7.28. The van der Waals surface area contributed by atoms with Crippen molar-refractivity contribution in [1.82, 2.24) is 10.1 Å². The summed E-state index contributed by atoms with van der Waals surface area (Å²) in [7, 11) is -3.76. The van der Waals surface area contributed by atoms with Gasteiger partial charge in [-0.15, -0.1) is 0 Å². The monoisotopic (exact) mass is 347 g/mol. The number of sulfonamides is 1. The molecule has 126 valence electrons. The minimum Gasteiger partial charge on any atom is -0.441 e. The lowest BCUT2D eigenvalue weighted by Gasteiger charge is -2.07. The molecule has 3 aromatic rings. The van der Waals surface area contributed by atoms with Crippen LogP contribution in [-0.4, -0.2) is 18.6 Å². The zero-order chi connectivity index (χ0) is 17.5. The fourth-order valence-electron chi connectivity index (χ4n) is 2.34. The number of hydrogen-bond acceptors (Lipinski definition) is 6. The zero-order valence-electron chi connectivity index (χ0n) is 13.7. The van der Waals surface area contributed by atoms with Crippen molar-refractivity contribution in [2.75, 3.05) is 4.72 Å². The molecule has 0 radical (unpaired) electrons. The molecule has 0 unspecified atom stereocenters. The predicted molar refractivity (Wildman–Crippen MR) is 88.2 cm³/mol. The lowest BCUT2D eigenvalue weighted by atomic mass is 10.2. The van der Waals surface area contributed by atoms with Gasteiger partial charge in [0.2, 0.25) is 5.89 Å². The van der Waals surface area contributed by atoms with Gasteiger partial charge in [0.1, 0.15) is 11.5 Å². The fourth-order valence-corrected chi connectivity index (χ4v) is 3.73. The first-order valence-corrected chi connectivity index (χ1v) is 8.76. The number of benzene rings is 1. The highest BCUT2D eigenvalue weighted by molar-refractivity contribution is 7.92. The van der Waals surface area contributed by atoms with Crippen LogP contribution in [0, 0.1) is 27.7 Å². The second-order valence-electron chi connectivity index (χ2n) is 5.50. The molecular formula is C16H17N3O4S. The Balaban J connectivity index is 1.86. The van der Waals surface area contributed by atoms with Crippen LogP contribution in [0.1, 0.15) is 22.9 Å². The van der Waals surface area contributed by atoms with Gasteiger partial charge in [0, 0.05) is 11.3 Å². The van der Waals surface area contributed by atoms with Crippen molar-refractivity contribution >= 4 is 15.7 Å². The number of aryl methyl sites for hydroxylation is 4. The molecular weight excluding hydrogens is 330 g/mol. The number of nitrogens with zero attached hydrogens (tertiary/aromatic N) is 2. The van der Waals surface area contributed by atoms with Crippen LogP contribution in [0.15, 0.2) is 38.1 Å². The molecule has 1 aromatic carbocycles. The summed E-state index contributed by atoms with van der Waals surface area (Å²) in [5.41, 5.74) is 2.35. The molecule has 2 heterocycles. The lowest BCUT2D eigenvalue weighted by molar-refractivity contribution is 0.390. The fraction of sp³-hybridized carbons (Fsp3) is 0.250. The second kappa shape index (κ2) is 5.79. The van der Waals surface area contributed by atoms with E-state index in [0.29, 0.717) is 17.3 Å². The SMILES string of the molecule is Cc1nc(-c2ccc(NS(=O)(=O)c3c(C)noc3C)cc2)oc1C. The average molecular weight is 347 g/mol. The second-order valence-corrected chi connectivity index (χ2v) is 7.12. The van der Waals surface area contributed by atoms with E-state index in [9.17, 15) is 8.42 Å². The van der Waals surface area contributed by atoms with Gasteiger partial charge in [0.25, 0.3) is 10.0 Å². The molecule has 0 fully saturated rings. The van der Waals surface area contributed by atoms with Crippen LogP contribution in [0.5, 0.6) is 0 Å². The van der Waals surface area contributed by atoms with Crippen molar-refractivity contribution < 1.29 is 17.4 Å². The maximum absolute atomic E-state index is 12.5. The van der Waals surface area contributed by atoms with Gasteiger partial charge < -0.3 is 8.94 Å². The van der Waals surface area contributed by atoms with E-state index in [1.54, 1.807) is 38.1 Å². The maximum Gasteiger partial charge on any atom is 0.267 e. The highest BCUT2D eigenvalue weighted by Gasteiger charge is 2.24. The first kappa shape index (κ1) is 16.3. The molecule has 8 heteroatoms. The molecule has 0 bridgehead atoms. The van der Waals surface area contributed by atoms with Gasteiger partial charge in [0.15, 0.2) is 10.7 Å². The molecule has 0 saturated carbocycles. The molecule has 0 amide bonds. The largest absolute Gasteiger partial charge is 0.441 e. The summed E-state index contributed by atoms with van der Waals surface area (Å²) < 4.78 is 37.9. The Morgan fingerprint density at radius 1 is 0.958 bits per heavy atom. The Morgan fingerprint density at radius 3 is 2.12 bits per heavy atom. The van der Waals surface area contributed by atoms with Crippen molar-refractivity contribution in [2.24, 2.45) is 0 Å². The summed E-state index contributed by atoms with van der Waals surface area (Å²) in [6, 6.07) is 6.80. The molecule has 1 N–H and O–H groups in total. The van der Waals surface area contributed by atoms with Crippen LogP contribution in [-0.2, 0) is 10.0 Å². The van der Waals surface area contributed by atoms with E-state index in [1.165, 1.54) is 0 Å². The lowest BCUT2D eigenvalue weighted by Crippen LogP contribution is -2.14. The summed E-state index contributed by atoms with van der Waals surface area (Å²) in [4.78, 5) is 4.38. The molecule has 0 aliphatic carbocycles. The third-order valence-electron chi connectivity index (χ3n) is 3.65. The van der Waals surface area contributed by atoms with Crippen LogP contribution >= 0.6 is 0 Å². The molecule has 0 aliphatic rings. The van der Waals surface area contributed by atoms with Gasteiger partial charge in [-0.2, -0.15) is 0 Å². The maximum atomic E-state index is 12.5. The summed E-state index contributed by atoms with van der Waals surface area (Å²) >= 11 is 0. The van der Waals surface area contributed by atoms with Crippen LogP contribution in [0.25, 0.3) is 11.5 Å². The van der Waals surface area contributed by atoms with Gasteiger partial charge in [-0.25, -0.2) is 13.4 Å².